The van der Waals surface area contributed by atoms with E-state index in [-0.39, 0.29) is 10.7 Å². The van der Waals surface area contributed by atoms with Gasteiger partial charge in [-0.1, -0.05) is 18.3 Å². The van der Waals surface area contributed by atoms with Crippen molar-refractivity contribution in [3.05, 3.63) is 48.3 Å². The Labute approximate surface area is 111 Å². The molecule has 92 valence electrons. The Hall–Kier alpha value is -2.14. The van der Waals surface area contributed by atoms with Gasteiger partial charge in [0.2, 0.25) is 0 Å². The van der Waals surface area contributed by atoms with Gasteiger partial charge >= 0.3 is 0 Å². The number of pyridine rings is 1. The third-order valence-electron chi connectivity index (χ3n) is 2.60. The fourth-order valence-corrected chi connectivity index (χ4v) is 1.86. The summed E-state index contributed by atoms with van der Waals surface area (Å²) >= 11 is 4.98. The van der Waals surface area contributed by atoms with Gasteiger partial charge in [-0.25, -0.2) is 0 Å². The fourth-order valence-electron chi connectivity index (χ4n) is 1.70. The minimum atomic E-state index is 0.208. The summed E-state index contributed by atoms with van der Waals surface area (Å²) in [6, 6.07) is 10.6. The number of phenolic OH excluding ortho intramolecular Hbond substituents is 1. The summed E-state index contributed by atoms with van der Waals surface area (Å²) in [5, 5.41) is 9.49. The first-order chi connectivity index (χ1) is 8.59. The molecule has 0 spiro atoms. The number of aromatic hydroxyl groups is 1. The first-order valence-corrected chi connectivity index (χ1v) is 5.78. The van der Waals surface area contributed by atoms with Crippen molar-refractivity contribution in [2.24, 2.45) is 5.73 Å². The van der Waals surface area contributed by atoms with E-state index in [1.165, 1.54) is 0 Å². The summed E-state index contributed by atoms with van der Waals surface area (Å²) in [5.74, 6) is 0.208. The maximum atomic E-state index is 9.49. The molecule has 0 bridgehead atoms. The van der Waals surface area contributed by atoms with Gasteiger partial charge in [-0.3, -0.25) is 4.98 Å². The predicted molar refractivity (Wildman–Crippen MR) is 76.3 cm³/mol. The Kier molecular flexibility index (Phi) is 3.43. The quantitative estimate of drug-likeness (QED) is 0.827. The summed E-state index contributed by atoms with van der Waals surface area (Å²) in [4.78, 5) is 6.30. The lowest BCUT2D eigenvalue weighted by molar-refractivity contribution is 0.475. The normalized spacial score (nSPS) is 10.1. The second-order valence-electron chi connectivity index (χ2n) is 3.81. The highest BCUT2D eigenvalue weighted by molar-refractivity contribution is 7.80. The summed E-state index contributed by atoms with van der Waals surface area (Å²) in [6.07, 6.45) is 1.65. The number of nitrogens with two attached hydrogens (primary N) is 1. The van der Waals surface area contributed by atoms with Crippen LogP contribution in [-0.4, -0.2) is 22.1 Å². The molecule has 0 atom stereocenters. The molecule has 0 saturated heterocycles. The zero-order valence-electron chi connectivity index (χ0n) is 9.87. The average Bonchev–Trinajstić information content (AvgIpc) is 2.38. The predicted octanol–water partition coefficient (Wildman–Crippen LogP) is 2.19. The van der Waals surface area contributed by atoms with Crippen LogP contribution in [-0.2, 0) is 0 Å². The Morgan fingerprint density at radius 1 is 1.33 bits per heavy atom. The van der Waals surface area contributed by atoms with Gasteiger partial charge in [0.1, 0.15) is 16.4 Å². The van der Waals surface area contributed by atoms with Gasteiger partial charge in [0, 0.05) is 25.0 Å². The Morgan fingerprint density at radius 2 is 2.11 bits per heavy atom. The van der Waals surface area contributed by atoms with Crippen LogP contribution in [0, 0.1) is 0 Å². The largest absolute Gasteiger partial charge is 0.508 e. The number of rotatable bonds is 3. The molecule has 4 nitrogen and oxygen atoms in total. The fraction of sp³-hybridized carbons (Fsp3) is 0.0769. The van der Waals surface area contributed by atoms with E-state index in [4.69, 9.17) is 18.0 Å². The first kappa shape index (κ1) is 12.3. The molecule has 0 amide bonds. The van der Waals surface area contributed by atoms with Crippen LogP contribution in [0.1, 0.15) is 5.69 Å². The molecule has 0 fully saturated rings. The van der Waals surface area contributed by atoms with E-state index in [0.717, 1.165) is 11.4 Å². The number of anilines is 2. The van der Waals surface area contributed by atoms with Crippen molar-refractivity contribution < 1.29 is 5.11 Å². The van der Waals surface area contributed by atoms with Crippen LogP contribution in [0.3, 0.4) is 0 Å². The lowest BCUT2D eigenvalue weighted by Gasteiger charge is -2.21. The summed E-state index contributed by atoms with van der Waals surface area (Å²) in [6.45, 7) is 0. The van der Waals surface area contributed by atoms with Crippen molar-refractivity contribution in [2.75, 3.05) is 11.9 Å². The van der Waals surface area contributed by atoms with Gasteiger partial charge in [-0.15, -0.1) is 0 Å². The topological polar surface area (TPSA) is 62.4 Å². The number of phenols is 1. The highest BCUT2D eigenvalue weighted by atomic mass is 32.1. The molecule has 1 heterocycles. The van der Waals surface area contributed by atoms with Gasteiger partial charge in [-0.05, 0) is 24.3 Å². The van der Waals surface area contributed by atoms with E-state index < -0.39 is 0 Å². The number of hydrogen-bond acceptors (Lipinski definition) is 4. The van der Waals surface area contributed by atoms with Crippen molar-refractivity contribution in [1.29, 1.82) is 0 Å². The molecule has 3 N–H and O–H groups in total. The maximum absolute atomic E-state index is 9.49. The van der Waals surface area contributed by atoms with E-state index in [1.54, 1.807) is 24.4 Å². The third kappa shape index (κ3) is 2.41. The van der Waals surface area contributed by atoms with Crippen LogP contribution in [0.5, 0.6) is 5.75 Å². The number of benzene rings is 1. The highest BCUT2D eigenvalue weighted by Crippen LogP contribution is 2.27. The Bertz CT molecular complexity index is 586. The monoisotopic (exact) mass is 259 g/mol. The molecule has 0 aliphatic heterocycles. The van der Waals surface area contributed by atoms with Crippen molar-refractivity contribution in [1.82, 2.24) is 4.98 Å². The van der Waals surface area contributed by atoms with Crippen molar-refractivity contribution >= 4 is 28.6 Å². The SMILES string of the molecule is CN(c1cccc(O)c1)c1cccnc1C(N)=S. The minimum absolute atomic E-state index is 0.208. The number of nitrogens with zero attached hydrogens (tertiary/aromatic N) is 2. The summed E-state index contributed by atoms with van der Waals surface area (Å²) in [7, 11) is 1.87. The van der Waals surface area contributed by atoms with E-state index in [2.05, 4.69) is 4.98 Å². The standard InChI is InChI=1S/C13H13N3OS/c1-16(9-4-2-5-10(17)8-9)11-6-3-7-15-12(11)13(14)18/h2-8,17H,1H3,(H2,14,18). The summed E-state index contributed by atoms with van der Waals surface area (Å²) in [5.41, 5.74) is 7.86. The molecule has 5 heteroatoms. The lowest BCUT2D eigenvalue weighted by Crippen LogP contribution is -2.19. The smallest absolute Gasteiger partial charge is 0.124 e. The van der Waals surface area contributed by atoms with Crippen molar-refractivity contribution in [3.63, 3.8) is 0 Å². The van der Waals surface area contributed by atoms with Crippen molar-refractivity contribution in [2.45, 2.75) is 0 Å². The second-order valence-corrected chi connectivity index (χ2v) is 4.25. The van der Waals surface area contributed by atoms with Gasteiger partial charge in [0.25, 0.3) is 0 Å². The molecular weight excluding hydrogens is 246 g/mol. The van der Waals surface area contributed by atoms with Gasteiger partial charge < -0.3 is 15.7 Å². The lowest BCUT2D eigenvalue weighted by atomic mass is 10.2. The maximum Gasteiger partial charge on any atom is 0.124 e. The van der Waals surface area contributed by atoms with Gasteiger partial charge in [-0.2, -0.15) is 0 Å². The van der Waals surface area contributed by atoms with Crippen LogP contribution in [0.15, 0.2) is 42.6 Å². The molecule has 0 unspecified atom stereocenters. The molecule has 2 aromatic rings. The van der Waals surface area contributed by atoms with Gasteiger partial charge in [0.15, 0.2) is 0 Å². The molecule has 0 aliphatic rings. The van der Waals surface area contributed by atoms with Crippen molar-refractivity contribution in [3.8, 4) is 5.75 Å². The summed E-state index contributed by atoms with van der Waals surface area (Å²) < 4.78 is 0. The van der Waals surface area contributed by atoms with E-state index in [9.17, 15) is 5.11 Å². The van der Waals surface area contributed by atoms with Gasteiger partial charge in [0.05, 0.1) is 5.69 Å². The molecule has 0 radical (unpaired) electrons. The molecule has 1 aromatic carbocycles. The third-order valence-corrected chi connectivity index (χ3v) is 2.79. The first-order valence-electron chi connectivity index (χ1n) is 5.37. The Balaban J connectivity index is 2.46. The van der Waals surface area contributed by atoms with E-state index >= 15 is 0 Å². The zero-order valence-corrected chi connectivity index (χ0v) is 10.7. The molecule has 2 rings (SSSR count). The number of thiocarbonyl (C=S) groups is 1. The zero-order chi connectivity index (χ0) is 13.1. The highest BCUT2D eigenvalue weighted by Gasteiger charge is 2.12. The van der Waals surface area contributed by atoms with Crippen LogP contribution in [0.4, 0.5) is 11.4 Å². The molecule has 0 saturated carbocycles. The van der Waals surface area contributed by atoms with E-state index in [0.29, 0.717) is 5.69 Å². The van der Waals surface area contributed by atoms with Crippen LogP contribution in [0.2, 0.25) is 0 Å². The Morgan fingerprint density at radius 3 is 2.78 bits per heavy atom. The minimum Gasteiger partial charge on any atom is -0.508 e. The van der Waals surface area contributed by atoms with E-state index in [1.807, 2.05) is 30.1 Å². The molecule has 0 aliphatic carbocycles. The molecule has 1 aromatic heterocycles. The molecular formula is C13H13N3OS. The second kappa shape index (κ2) is 5.01. The van der Waals surface area contributed by atoms with Crippen LogP contribution >= 0.6 is 12.2 Å². The molecule has 18 heavy (non-hydrogen) atoms. The van der Waals surface area contributed by atoms with Crippen LogP contribution in [0.25, 0.3) is 0 Å². The number of aromatic nitrogens is 1. The average molecular weight is 259 g/mol. The van der Waals surface area contributed by atoms with Crippen LogP contribution < -0.4 is 10.6 Å². The number of hydrogen-bond donors (Lipinski definition) is 2.